The molecule has 0 aliphatic heterocycles. The number of ether oxygens (including phenoxy) is 1. The summed E-state index contributed by atoms with van der Waals surface area (Å²) in [6, 6.07) is 6.40. The summed E-state index contributed by atoms with van der Waals surface area (Å²) < 4.78 is 5.09. The summed E-state index contributed by atoms with van der Waals surface area (Å²) in [5.74, 6) is 0.726. The van der Waals surface area contributed by atoms with E-state index in [0.29, 0.717) is 11.1 Å². The van der Waals surface area contributed by atoms with Crippen molar-refractivity contribution in [2.24, 2.45) is 0 Å². The molecule has 0 unspecified atom stereocenters. The molecule has 0 amide bonds. The highest BCUT2D eigenvalue weighted by Crippen LogP contribution is 2.24. The van der Waals surface area contributed by atoms with Gasteiger partial charge in [-0.25, -0.2) is 0 Å². The van der Waals surface area contributed by atoms with Gasteiger partial charge in [-0.1, -0.05) is 24.6 Å². The maximum atomic E-state index is 6.03. The highest BCUT2D eigenvalue weighted by Gasteiger charge is 2.02. The molecule has 1 aromatic rings. The van der Waals surface area contributed by atoms with Gasteiger partial charge in [-0.15, -0.1) is 0 Å². The first-order valence-electron chi connectivity index (χ1n) is 5.23. The highest BCUT2D eigenvalue weighted by atomic mass is 35.5. The third-order valence-corrected chi connectivity index (χ3v) is 2.78. The van der Waals surface area contributed by atoms with Crippen LogP contribution < -0.4 is 10.1 Å². The summed E-state index contributed by atoms with van der Waals surface area (Å²) in [5.41, 5.74) is 1.18. The third-order valence-electron chi connectivity index (χ3n) is 2.48. The van der Waals surface area contributed by atoms with E-state index in [9.17, 15) is 0 Å². The van der Waals surface area contributed by atoms with Crippen LogP contribution in [0, 0.1) is 0 Å². The molecule has 84 valence electrons. The molecule has 0 radical (unpaired) electrons. The molecule has 15 heavy (non-hydrogen) atoms. The second-order valence-electron chi connectivity index (χ2n) is 3.66. The number of hydrogen-bond donors (Lipinski definition) is 1. The molecule has 1 rings (SSSR count). The summed E-state index contributed by atoms with van der Waals surface area (Å²) in [5, 5.41) is 4.08. The molecule has 0 heterocycles. The number of methoxy groups -OCH3 is 1. The van der Waals surface area contributed by atoms with Crippen molar-refractivity contribution in [2.45, 2.75) is 32.9 Å². The van der Waals surface area contributed by atoms with E-state index in [1.165, 1.54) is 5.56 Å². The van der Waals surface area contributed by atoms with Crippen molar-refractivity contribution in [3.63, 3.8) is 0 Å². The van der Waals surface area contributed by atoms with E-state index in [1.807, 2.05) is 18.2 Å². The fourth-order valence-corrected chi connectivity index (χ4v) is 1.54. The van der Waals surface area contributed by atoms with Crippen molar-refractivity contribution < 1.29 is 4.74 Å². The Kier molecular flexibility index (Phi) is 4.92. The Labute approximate surface area is 96.6 Å². The molecular formula is C12H18ClNO. The van der Waals surface area contributed by atoms with Gasteiger partial charge in [-0.05, 0) is 31.0 Å². The number of benzene rings is 1. The average molecular weight is 228 g/mol. The zero-order chi connectivity index (χ0) is 11.3. The summed E-state index contributed by atoms with van der Waals surface area (Å²) in [4.78, 5) is 0. The minimum Gasteiger partial charge on any atom is -0.495 e. The molecule has 0 spiro atoms. The largest absolute Gasteiger partial charge is 0.495 e. The molecule has 0 bridgehead atoms. The first-order valence-corrected chi connectivity index (χ1v) is 5.61. The Balaban J connectivity index is 2.59. The molecule has 0 saturated carbocycles. The summed E-state index contributed by atoms with van der Waals surface area (Å²) in [6.45, 7) is 5.18. The van der Waals surface area contributed by atoms with Gasteiger partial charge < -0.3 is 10.1 Å². The highest BCUT2D eigenvalue weighted by molar-refractivity contribution is 6.32. The maximum Gasteiger partial charge on any atom is 0.137 e. The zero-order valence-corrected chi connectivity index (χ0v) is 10.3. The van der Waals surface area contributed by atoms with Gasteiger partial charge in [0.25, 0.3) is 0 Å². The van der Waals surface area contributed by atoms with Crippen LogP contribution in [0.1, 0.15) is 25.8 Å². The molecule has 1 aromatic carbocycles. The molecule has 1 atom stereocenters. The van der Waals surface area contributed by atoms with Crippen LogP contribution in [0.25, 0.3) is 0 Å². The first-order chi connectivity index (χ1) is 7.17. The third kappa shape index (κ3) is 3.73. The number of nitrogens with one attached hydrogen (secondary N) is 1. The van der Waals surface area contributed by atoms with Gasteiger partial charge in [-0.2, -0.15) is 0 Å². The van der Waals surface area contributed by atoms with Gasteiger partial charge in [-0.3, -0.25) is 0 Å². The van der Waals surface area contributed by atoms with Gasteiger partial charge in [0.15, 0.2) is 0 Å². The van der Waals surface area contributed by atoms with Crippen molar-refractivity contribution in [1.82, 2.24) is 5.32 Å². The Hall–Kier alpha value is -0.730. The standard InChI is InChI=1S/C12H18ClNO/c1-4-9(2)14-8-10-5-6-12(15-3)11(13)7-10/h5-7,9,14H,4,8H2,1-3H3/t9-/m1/s1. The van der Waals surface area contributed by atoms with Crippen LogP contribution in [-0.4, -0.2) is 13.2 Å². The second-order valence-corrected chi connectivity index (χ2v) is 4.07. The van der Waals surface area contributed by atoms with E-state index in [-0.39, 0.29) is 0 Å². The molecule has 1 N–H and O–H groups in total. The van der Waals surface area contributed by atoms with Gasteiger partial charge in [0.1, 0.15) is 5.75 Å². The molecule has 3 heteroatoms. The van der Waals surface area contributed by atoms with Crippen LogP contribution in [0.2, 0.25) is 5.02 Å². The Bertz CT molecular complexity index is 314. The van der Waals surface area contributed by atoms with E-state index < -0.39 is 0 Å². The van der Waals surface area contributed by atoms with Gasteiger partial charge in [0.05, 0.1) is 12.1 Å². The average Bonchev–Trinajstić information content (AvgIpc) is 2.26. The molecule has 2 nitrogen and oxygen atoms in total. The van der Waals surface area contributed by atoms with E-state index in [4.69, 9.17) is 16.3 Å². The molecule has 0 aromatic heterocycles. The minimum atomic E-state index is 0.533. The SMILES string of the molecule is CC[C@@H](C)NCc1ccc(OC)c(Cl)c1. The van der Waals surface area contributed by atoms with Crippen LogP contribution in [0.4, 0.5) is 0 Å². The van der Waals surface area contributed by atoms with Crippen molar-refractivity contribution in [1.29, 1.82) is 0 Å². The molecular weight excluding hydrogens is 210 g/mol. The van der Waals surface area contributed by atoms with Crippen LogP contribution >= 0.6 is 11.6 Å². The van der Waals surface area contributed by atoms with Crippen LogP contribution in [-0.2, 0) is 6.54 Å². The van der Waals surface area contributed by atoms with Crippen molar-refractivity contribution in [2.75, 3.05) is 7.11 Å². The second kappa shape index (κ2) is 5.99. The molecule has 0 aliphatic rings. The number of hydrogen-bond acceptors (Lipinski definition) is 2. The lowest BCUT2D eigenvalue weighted by molar-refractivity contribution is 0.414. The Morgan fingerprint density at radius 2 is 2.20 bits per heavy atom. The van der Waals surface area contributed by atoms with Crippen molar-refractivity contribution >= 4 is 11.6 Å². The van der Waals surface area contributed by atoms with Crippen LogP contribution in [0.15, 0.2) is 18.2 Å². The van der Waals surface area contributed by atoms with E-state index in [2.05, 4.69) is 19.2 Å². The van der Waals surface area contributed by atoms with Crippen molar-refractivity contribution in [3.8, 4) is 5.75 Å². The molecule has 0 aliphatic carbocycles. The monoisotopic (exact) mass is 227 g/mol. The lowest BCUT2D eigenvalue weighted by Crippen LogP contribution is -2.24. The van der Waals surface area contributed by atoms with Crippen molar-refractivity contribution in [3.05, 3.63) is 28.8 Å². The smallest absolute Gasteiger partial charge is 0.137 e. The number of halogens is 1. The quantitative estimate of drug-likeness (QED) is 0.834. The van der Waals surface area contributed by atoms with E-state index in [1.54, 1.807) is 7.11 Å². The minimum absolute atomic E-state index is 0.533. The first kappa shape index (κ1) is 12.3. The summed E-state index contributed by atoms with van der Waals surface area (Å²) >= 11 is 6.03. The lowest BCUT2D eigenvalue weighted by Gasteiger charge is -2.12. The predicted octanol–water partition coefficient (Wildman–Crippen LogP) is 3.24. The lowest BCUT2D eigenvalue weighted by atomic mass is 10.2. The topological polar surface area (TPSA) is 21.3 Å². The van der Waals surface area contributed by atoms with Crippen LogP contribution in [0.3, 0.4) is 0 Å². The number of rotatable bonds is 5. The van der Waals surface area contributed by atoms with Gasteiger partial charge >= 0.3 is 0 Å². The molecule has 0 saturated heterocycles. The Morgan fingerprint density at radius 3 is 2.73 bits per heavy atom. The van der Waals surface area contributed by atoms with Gasteiger partial charge in [0, 0.05) is 12.6 Å². The van der Waals surface area contributed by atoms with E-state index in [0.717, 1.165) is 18.7 Å². The normalized spacial score (nSPS) is 12.5. The van der Waals surface area contributed by atoms with E-state index >= 15 is 0 Å². The maximum absolute atomic E-state index is 6.03. The Morgan fingerprint density at radius 1 is 1.47 bits per heavy atom. The van der Waals surface area contributed by atoms with Gasteiger partial charge in [0.2, 0.25) is 0 Å². The predicted molar refractivity (Wildman–Crippen MR) is 64.6 cm³/mol. The van der Waals surface area contributed by atoms with Crippen LogP contribution in [0.5, 0.6) is 5.75 Å². The molecule has 0 fully saturated rings. The fraction of sp³-hybridized carbons (Fsp3) is 0.500. The summed E-state index contributed by atoms with van der Waals surface area (Å²) in [7, 11) is 1.62. The summed E-state index contributed by atoms with van der Waals surface area (Å²) in [6.07, 6.45) is 1.13. The fourth-order valence-electron chi connectivity index (χ4n) is 1.26. The zero-order valence-electron chi connectivity index (χ0n) is 9.51.